The molecule has 0 bridgehead atoms. The van der Waals surface area contributed by atoms with Gasteiger partial charge in [-0.05, 0) is 48.0 Å². The average molecular weight is 394 g/mol. The van der Waals surface area contributed by atoms with Gasteiger partial charge in [0.05, 0.1) is 16.4 Å². The highest BCUT2D eigenvalue weighted by Gasteiger charge is 2.02. The van der Waals surface area contributed by atoms with Crippen LogP contribution in [0.3, 0.4) is 0 Å². The molecule has 1 aromatic heterocycles. The van der Waals surface area contributed by atoms with Crippen LogP contribution >= 0.6 is 22.9 Å². The van der Waals surface area contributed by atoms with Crippen LogP contribution < -0.4 is 10.2 Å². The molecule has 0 aliphatic heterocycles. The van der Waals surface area contributed by atoms with Crippen LogP contribution in [0.5, 0.6) is 5.75 Å². The third kappa shape index (κ3) is 4.45. The molecule has 0 saturated carbocycles. The van der Waals surface area contributed by atoms with E-state index in [9.17, 15) is 0 Å². The number of rotatable bonds is 6. The monoisotopic (exact) mass is 393 g/mol. The molecule has 0 atom stereocenters. The van der Waals surface area contributed by atoms with Crippen LogP contribution in [0.4, 0.5) is 5.13 Å². The van der Waals surface area contributed by atoms with Gasteiger partial charge in [0.15, 0.2) is 0 Å². The van der Waals surface area contributed by atoms with E-state index in [0.29, 0.717) is 11.6 Å². The van der Waals surface area contributed by atoms with E-state index >= 15 is 0 Å². The van der Waals surface area contributed by atoms with Gasteiger partial charge >= 0.3 is 0 Å². The van der Waals surface area contributed by atoms with Crippen molar-refractivity contribution in [1.82, 2.24) is 4.98 Å². The first-order valence-electron chi connectivity index (χ1n) is 8.39. The van der Waals surface area contributed by atoms with Crippen molar-refractivity contribution < 1.29 is 4.74 Å². The molecule has 0 spiro atoms. The quantitative estimate of drug-likeness (QED) is 0.324. The van der Waals surface area contributed by atoms with E-state index in [1.165, 1.54) is 0 Å². The number of hydrazone groups is 1. The van der Waals surface area contributed by atoms with Crippen LogP contribution in [0, 0.1) is 0 Å². The normalized spacial score (nSPS) is 11.1. The highest BCUT2D eigenvalue weighted by Crippen LogP contribution is 2.25. The summed E-state index contributed by atoms with van der Waals surface area (Å²) in [5.41, 5.74) is 5.88. The van der Waals surface area contributed by atoms with Gasteiger partial charge in [0, 0.05) is 10.6 Å². The number of thiazole rings is 1. The second-order valence-electron chi connectivity index (χ2n) is 5.81. The van der Waals surface area contributed by atoms with Crippen LogP contribution in [0.25, 0.3) is 10.2 Å². The summed E-state index contributed by atoms with van der Waals surface area (Å²) >= 11 is 7.71. The highest BCUT2D eigenvalue weighted by atomic mass is 35.5. The van der Waals surface area contributed by atoms with Crippen molar-refractivity contribution in [3.8, 4) is 5.75 Å². The number of para-hydroxylation sites is 1. The third-order valence-corrected chi connectivity index (χ3v) is 5.21. The van der Waals surface area contributed by atoms with Crippen LogP contribution in [0.2, 0.25) is 5.02 Å². The number of benzene rings is 3. The second-order valence-corrected chi connectivity index (χ2v) is 7.24. The van der Waals surface area contributed by atoms with Crippen molar-refractivity contribution >= 4 is 44.5 Å². The van der Waals surface area contributed by atoms with Crippen molar-refractivity contribution in [2.24, 2.45) is 5.10 Å². The van der Waals surface area contributed by atoms with Gasteiger partial charge in [-0.1, -0.05) is 53.3 Å². The Morgan fingerprint density at radius 3 is 2.59 bits per heavy atom. The molecule has 0 aliphatic carbocycles. The number of hydrogen-bond donors (Lipinski definition) is 1. The first-order chi connectivity index (χ1) is 13.3. The molecular weight excluding hydrogens is 378 g/mol. The molecule has 1 heterocycles. The standard InChI is InChI=1S/C21H16ClN3OS/c22-18-6-2-1-5-16(18)14-26-17-11-9-15(10-12-17)13-23-25-21-24-19-7-3-4-8-20(19)27-21/h1-13H,14H2,(H,24,25)/b23-13-. The smallest absolute Gasteiger partial charge is 0.204 e. The first-order valence-corrected chi connectivity index (χ1v) is 9.58. The molecule has 0 fully saturated rings. The summed E-state index contributed by atoms with van der Waals surface area (Å²) in [6.07, 6.45) is 1.75. The van der Waals surface area contributed by atoms with Crippen molar-refractivity contribution in [2.45, 2.75) is 6.61 Å². The molecule has 0 unspecified atom stereocenters. The van der Waals surface area contributed by atoms with Crippen LogP contribution in [-0.2, 0) is 6.61 Å². The number of anilines is 1. The fourth-order valence-electron chi connectivity index (χ4n) is 2.51. The average Bonchev–Trinajstić information content (AvgIpc) is 3.11. The molecular formula is C21H16ClN3OS. The lowest BCUT2D eigenvalue weighted by atomic mass is 10.2. The lowest BCUT2D eigenvalue weighted by molar-refractivity contribution is 0.306. The summed E-state index contributed by atoms with van der Waals surface area (Å²) in [6, 6.07) is 23.4. The minimum absolute atomic E-state index is 0.437. The van der Waals surface area contributed by atoms with E-state index in [1.807, 2.05) is 72.8 Å². The molecule has 0 radical (unpaired) electrons. The van der Waals surface area contributed by atoms with E-state index < -0.39 is 0 Å². The van der Waals surface area contributed by atoms with Crippen molar-refractivity contribution in [3.63, 3.8) is 0 Å². The number of ether oxygens (including phenoxy) is 1. The number of nitrogens with zero attached hydrogens (tertiary/aromatic N) is 2. The molecule has 1 N–H and O–H groups in total. The molecule has 4 rings (SSSR count). The van der Waals surface area contributed by atoms with E-state index in [2.05, 4.69) is 15.5 Å². The van der Waals surface area contributed by atoms with Gasteiger partial charge in [0.25, 0.3) is 0 Å². The van der Waals surface area contributed by atoms with Gasteiger partial charge < -0.3 is 4.74 Å². The SMILES string of the molecule is Clc1ccccc1COc1ccc(/C=N\Nc2nc3ccccc3s2)cc1. The Bertz CT molecular complexity index is 1040. The fraction of sp³-hybridized carbons (Fsp3) is 0.0476. The molecule has 0 amide bonds. The Balaban J connectivity index is 1.34. The van der Waals surface area contributed by atoms with Crippen LogP contribution in [0.1, 0.15) is 11.1 Å². The zero-order valence-electron chi connectivity index (χ0n) is 14.3. The maximum Gasteiger partial charge on any atom is 0.204 e. The Hall–Kier alpha value is -2.89. The van der Waals surface area contributed by atoms with E-state index in [1.54, 1.807) is 17.6 Å². The summed E-state index contributed by atoms with van der Waals surface area (Å²) in [5, 5.41) is 5.74. The van der Waals surface area contributed by atoms with Crippen molar-refractivity contribution in [1.29, 1.82) is 0 Å². The summed E-state index contributed by atoms with van der Waals surface area (Å²) in [7, 11) is 0. The number of nitrogens with one attached hydrogen (secondary N) is 1. The second kappa shape index (κ2) is 8.20. The zero-order chi connectivity index (χ0) is 18.5. The minimum atomic E-state index is 0.437. The molecule has 3 aromatic carbocycles. The molecule has 0 aliphatic rings. The number of hydrogen-bond acceptors (Lipinski definition) is 5. The van der Waals surface area contributed by atoms with E-state index in [4.69, 9.17) is 16.3 Å². The summed E-state index contributed by atoms with van der Waals surface area (Å²) < 4.78 is 6.92. The topological polar surface area (TPSA) is 46.5 Å². The Labute approximate surface area is 166 Å². The molecule has 0 saturated heterocycles. The van der Waals surface area contributed by atoms with E-state index in [-0.39, 0.29) is 0 Å². The van der Waals surface area contributed by atoms with Gasteiger partial charge in [0.1, 0.15) is 12.4 Å². The Kier molecular flexibility index (Phi) is 5.32. The lowest BCUT2D eigenvalue weighted by Gasteiger charge is -2.07. The van der Waals surface area contributed by atoms with Gasteiger partial charge in [-0.15, -0.1) is 0 Å². The zero-order valence-corrected chi connectivity index (χ0v) is 15.9. The van der Waals surface area contributed by atoms with Gasteiger partial charge in [0.2, 0.25) is 5.13 Å². The van der Waals surface area contributed by atoms with Gasteiger partial charge in [-0.25, -0.2) is 4.98 Å². The fourth-order valence-corrected chi connectivity index (χ4v) is 3.51. The summed E-state index contributed by atoms with van der Waals surface area (Å²) in [5.74, 6) is 0.784. The predicted octanol–water partition coefficient (Wildman–Crippen LogP) is 5.97. The van der Waals surface area contributed by atoms with Crippen LogP contribution in [0.15, 0.2) is 77.9 Å². The summed E-state index contributed by atoms with van der Waals surface area (Å²) in [6.45, 7) is 0.437. The summed E-state index contributed by atoms with van der Waals surface area (Å²) in [4.78, 5) is 4.48. The number of halogens is 1. The van der Waals surface area contributed by atoms with Crippen molar-refractivity contribution in [2.75, 3.05) is 5.43 Å². The minimum Gasteiger partial charge on any atom is -0.489 e. The largest absolute Gasteiger partial charge is 0.489 e. The van der Waals surface area contributed by atoms with Crippen molar-refractivity contribution in [3.05, 3.63) is 88.9 Å². The maximum absolute atomic E-state index is 6.14. The molecule has 6 heteroatoms. The lowest BCUT2D eigenvalue weighted by Crippen LogP contribution is -1.96. The molecule has 4 aromatic rings. The Morgan fingerprint density at radius 1 is 1.00 bits per heavy atom. The third-order valence-electron chi connectivity index (χ3n) is 3.90. The number of aromatic nitrogens is 1. The Morgan fingerprint density at radius 2 is 1.78 bits per heavy atom. The molecule has 4 nitrogen and oxygen atoms in total. The first kappa shape index (κ1) is 17.5. The number of fused-ring (bicyclic) bond motifs is 1. The maximum atomic E-state index is 6.14. The van der Waals surface area contributed by atoms with Gasteiger partial charge in [-0.3, -0.25) is 5.43 Å². The van der Waals surface area contributed by atoms with Gasteiger partial charge in [-0.2, -0.15) is 5.10 Å². The van der Waals surface area contributed by atoms with E-state index in [0.717, 1.165) is 32.2 Å². The molecule has 134 valence electrons. The molecule has 27 heavy (non-hydrogen) atoms. The van der Waals surface area contributed by atoms with Crippen LogP contribution in [-0.4, -0.2) is 11.2 Å². The highest BCUT2D eigenvalue weighted by molar-refractivity contribution is 7.22. The predicted molar refractivity (Wildman–Crippen MR) is 113 cm³/mol.